The summed E-state index contributed by atoms with van der Waals surface area (Å²) in [6.45, 7) is 1.76. The number of rotatable bonds is 5. The molecule has 1 N–H and O–H groups in total. The van der Waals surface area contributed by atoms with Gasteiger partial charge in [-0.3, -0.25) is 14.4 Å². The summed E-state index contributed by atoms with van der Waals surface area (Å²) in [6.07, 6.45) is 0.234. The largest absolute Gasteiger partial charge is 0.493 e. The first-order valence-corrected chi connectivity index (χ1v) is 8.71. The molecule has 6 heteroatoms. The molecule has 2 unspecified atom stereocenters. The molecule has 1 aliphatic heterocycles. The summed E-state index contributed by atoms with van der Waals surface area (Å²) in [5.41, 5.74) is 2.49. The Kier molecular flexibility index (Phi) is 5.54. The van der Waals surface area contributed by atoms with Crippen LogP contribution in [-0.4, -0.2) is 31.6 Å². The third-order valence-electron chi connectivity index (χ3n) is 4.58. The second-order valence-electron chi connectivity index (χ2n) is 6.46. The number of hydrogen-bond acceptors (Lipinski definition) is 5. The van der Waals surface area contributed by atoms with Crippen LogP contribution in [0.3, 0.4) is 0 Å². The molecule has 1 aliphatic rings. The number of carbonyl (C=O) groups excluding carboxylic acids is 2. The van der Waals surface area contributed by atoms with Gasteiger partial charge in [0.1, 0.15) is 6.10 Å². The van der Waals surface area contributed by atoms with Crippen molar-refractivity contribution in [2.24, 2.45) is 0 Å². The first kappa shape index (κ1) is 18.6. The lowest BCUT2D eigenvalue weighted by molar-refractivity contribution is -0.142. The van der Waals surface area contributed by atoms with Gasteiger partial charge >= 0.3 is 5.97 Å². The highest BCUT2D eigenvalue weighted by atomic mass is 16.6. The van der Waals surface area contributed by atoms with E-state index in [1.54, 1.807) is 12.1 Å². The van der Waals surface area contributed by atoms with Crippen molar-refractivity contribution in [3.05, 3.63) is 64.3 Å². The molecule has 1 fully saturated rings. The molecule has 27 heavy (non-hydrogen) atoms. The van der Waals surface area contributed by atoms with Crippen molar-refractivity contribution in [3.8, 4) is 16.9 Å². The van der Waals surface area contributed by atoms with E-state index in [4.69, 9.17) is 9.47 Å². The van der Waals surface area contributed by atoms with Crippen molar-refractivity contribution >= 4 is 11.9 Å². The Bertz CT molecular complexity index is 907. The maximum atomic E-state index is 12.2. The summed E-state index contributed by atoms with van der Waals surface area (Å²) in [5.74, 6) is -0.465. The molecule has 2 aromatic rings. The first-order chi connectivity index (χ1) is 13.0. The van der Waals surface area contributed by atoms with Crippen molar-refractivity contribution in [3.63, 3.8) is 0 Å². The smallest absolute Gasteiger partial charge is 0.313 e. The summed E-state index contributed by atoms with van der Waals surface area (Å²) in [4.78, 5) is 35.0. The summed E-state index contributed by atoms with van der Waals surface area (Å²) < 4.78 is 10.4. The minimum Gasteiger partial charge on any atom is -0.493 e. The number of nitrogens with one attached hydrogen (secondary N) is 1. The fourth-order valence-corrected chi connectivity index (χ4v) is 3.13. The van der Waals surface area contributed by atoms with Crippen LogP contribution in [-0.2, 0) is 14.3 Å². The number of ether oxygens (including phenoxy) is 2. The number of hydrogen-bond donors (Lipinski definition) is 1. The number of methoxy groups -OCH3 is 1. The zero-order valence-electron chi connectivity index (χ0n) is 15.2. The zero-order valence-corrected chi connectivity index (χ0v) is 15.2. The van der Waals surface area contributed by atoms with E-state index in [0.717, 1.165) is 16.7 Å². The Labute approximate surface area is 157 Å². The van der Waals surface area contributed by atoms with Gasteiger partial charge in [0.2, 0.25) is 11.3 Å². The maximum absolute atomic E-state index is 12.2. The normalized spacial score (nSPS) is 18.7. The van der Waals surface area contributed by atoms with Gasteiger partial charge in [0, 0.05) is 13.3 Å². The van der Waals surface area contributed by atoms with Crippen LogP contribution < -0.4 is 15.5 Å². The summed E-state index contributed by atoms with van der Waals surface area (Å²) >= 11 is 0. The number of benzene rings is 1. The van der Waals surface area contributed by atoms with E-state index in [2.05, 4.69) is 5.32 Å². The average molecular weight is 367 g/mol. The minimum atomic E-state index is -0.335. The van der Waals surface area contributed by atoms with Crippen LogP contribution in [0, 0.1) is 0 Å². The summed E-state index contributed by atoms with van der Waals surface area (Å²) in [6, 6.07) is 14.3. The molecule has 0 radical (unpaired) electrons. The van der Waals surface area contributed by atoms with Crippen LogP contribution in [0.15, 0.2) is 53.3 Å². The minimum absolute atomic E-state index is 0.146. The van der Waals surface area contributed by atoms with E-state index in [1.807, 2.05) is 30.3 Å². The Balaban J connectivity index is 1.76. The highest BCUT2D eigenvalue weighted by Gasteiger charge is 2.35. The Morgan fingerprint density at radius 2 is 1.70 bits per heavy atom. The van der Waals surface area contributed by atoms with Crippen LogP contribution >= 0.6 is 0 Å². The second kappa shape index (κ2) is 8.03. The van der Waals surface area contributed by atoms with Crippen molar-refractivity contribution in [1.29, 1.82) is 0 Å². The van der Waals surface area contributed by atoms with Gasteiger partial charge in [0.05, 0.1) is 19.6 Å². The molecule has 0 aromatic heterocycles. The quantitative estimate of drug-likeness (QED) is 0.820. The molecule has 0 bridgehead atoms. The average Bonchev–Trinajstić information content (AvgIpc) is 2.92. The summed E-state index contributed by atoms with van der Waals surface area (Å²) in [5, 5.41) is 2.68. The SMILES string of the molecule is COc1ccc(-c2ccc(C3CC(CNC(C)=O)OC3=O)cc2)ccc1=O. The molecule has 2 atom stereocenters. The third kappa shape index (κ3) is 4.34. The maximum Gasteiger partial charge on any atom is 0.313 e. The van der Waals surface area contributed by atoms with Crippen molar-refractivity contribution < 1.29 is 19.1 Å². The van der Waals surface area contributed by atoms with Gasteiger partial charge in [-0.25, -0.2) is 0 Å². The van der Waals surface area contributed by atoms with Gasteiger partial charge in [-0.15, -0.1) is 0 Å². The fraction of sp³-hybridized carbons (Fsp3) is 0.286. The summed E-state index contributed by atoms with van der Waals surface area (Å²) in [7, 11) is 1.46. The number of esters is 1. The molecule has 6 nitrogen and oxygen atoms in total. The van der Waals surface area contributed by atoms with Crippen molar-refractivity contribution in [2.75, 3.05) is 13.7 Å². The molecular formula is C21H21NO5. The van der Waals surface area contributed by atoms with Crippen LogP contribution in [0.1, 0.15) is 24.8 Å². The molecule has 0 aliphatic carbocycles. The van der Waals surface area contributed by atoms with Crippen LogP contribution in [0.4, 0.5) is 0 Å². The lowest BCUT2D eigenvalue weighted by Gasteiger charge is -2.09. The van der Waals surface area contributed by atoms with Crippen molar-refractivity contribution in [2.45, 2.75) is 25.4 Å². The van der Waals surface area contributed by atoms with E-state index >= 15 is 0 Å². The van der Waals surface area contributed by atoms with E-state index in [0.29, 0.717) is 13.0 Å². The van der Waals surface area contributed by atoms with Gasteiger partial charge in [0.25, 0.3) is 0 Å². The van der Waals surface area contributed by atoms with Gasteiger partial charge in [-0.2, -0.15) is 0 Å². The topological polar surface area (TPSA) is 81.7 Å². The monoisotopic (exact) mass is 367 g/mol. The Hall–Kier alpha value is -3.15. The van der Waals surface area contributed by atoms with Crippen LogP contribution in [0.2, 0.25) is 0 Å². The zero-order chi connectivity index (χ0) is 19.4. The van der Waals surface area contributed by atoms with E-state index in [-0.39, 0.29) is 35.1 Å². The van der Waals surface area contributed by atoms with Gasteiger partial charge < -0.3 is 14.8 Å². The van der Waals surface area contributed by atoms with Gasteiger partial charge in [-0.1, -0.05) is 36.4 Å². The van der Waals surface area contributed by atoms with E-state index < -0.39 is 0 Å². The molecule has 0 spiro atoms. The number of amides is 1. The second-order valence-corrected chi connectivity index (χ2v) is 6.46. The molecule has 1 saturated heterocycles. The lowest BCUT2D eigenvalue weighted by atomic mass is 9.94. The van der Waals surface area contributed by atoms with E-state index in [1.165, 1.54) is 20.1 Å². The Morgan fingerprint density at radius 3 is 2.33 bits per heavy atom. The van der Waals surface area contributed by atoms with Crippen molar-refractivity contribution in [1.82, 2.24) is 5.32 Å². The number of carbonyl (C=O) groups is 2. The third-order valence-corrected chi connectivity index (χ3v) is 4.58. The Morgan fingerprint density at radius 1 is 1.07 bits per heavy atom. The molecule has 2 aromatic carbocycles. The molecule has 140 valence electrons. The predicted molar refractivity (Wildman–Crippen MR) is 101 cm³/mol. The molecule has 0 saturated carbocycles. The first-order valence-electron chi connectivity index (χ1n) is 8.71. The molecular weight excluding hydrogens is 346 g/mol. The number of cyclic esters (lactones) is 1. The standard InChI is InChI=1S/C21H21NO5/c1-13(23)22-12-17-11-18(21(25)27-17)16-5-3-14(4-6-16)15-7-9-19(24)20(26-2)10-8-15/h3-10,17-18H,11-12H2,1-2H3,(H,22,23). The van der Waals surface area contributed by atoms with Gasteiger partial charge in [0.15, 0.2) is 5.75 Å². The van der Waals surface area contributed by atoms with Gasteiger partial charge in [-0.05, 0) is 28.8 Å². The highest BCUT2D eigenvalue weighted by molar-refractivity contribution is 5.81. The predicted octanol–water partition coefficient (Wildman–Crippen LogP) is 2.26. The van der Waals surface area contributed by atoms with E-state index in [9.17, 15) is 14.4 Å². The highest BCUT2D eigenvalue weighted by Crippen LogP contribution is 2.32. The lowest BCUT2D eigenvalue weighted by Crippen LogP contribution is -2.30. The molecule has 1 amide bonds. The van der Waals surface area contributed by atoms with Crippen LogP contribution in [0.25, 0.3) is 11.1 Å². The molecule has 1 heterocycles. The molecule has 3 rings (SSSR count). The van der Waals surface area contributed by atoms with Crippen LogP contribution in [0.5, 0.6) is 5.75 Å². The fourth-order valence-electron chi connectivity index (χ4n) is 3.13.